The summed E-state index contributed by atoms with van der Waals surface area (Å²) in [6.45, 7) is 0. The van der Waals surface area contributed by atoms with Gasteiger partial charge in [-0.3, -0.25) is 0 Å². The summed E-state index contributed by atoms with van der Waals surface area (Å²) in [4.78, 5) is 0. The van der Waals surface area contributed by atoms with Gasteiger partial charge in [-0.05, 0) is 86.6 Å². The number of rotatable bonds is 0. The van der Waals surface area contributed by atoms with Crippen molar-refractivity contribution in [2.24, 2.45) is 0 Å². The van der Waals surface area contributed by atoms with E-state index in [-0.39, 0.29) is 0 Å². The molecule has 0 atom stereocenters. The van der Waals surface area contributed by atoms with E-state index in [9.17, 15) is 0 Å². The maximum Gasteiger partial charge on any atom is 0.0888 e. The van der Waals surface area contributed by atoms with Gasteiger partial charge in [0.15, 0.2) is 0 Å². The third-order valence-electron chi connectivity index (χ3n) is 2.47. The lowest BCUT2D eigenvalue weighted by Gasteiger charge is -1.73. The summed E-state index contributed by atoms with van der Waals surface area (Å²) in [6, 6.07) is 4.26. The van der Waals surface area contributed by atoms with Gasteiger partial charge in [0.25, 0.3) is 0 Å². The summed E-state index contributed by atoms with van der Waals surface area (Å²) in [5, 5.41) is 6.85. The fourth-order valence-corrected chi connectivity index (χ4v) is 10.2. The van der Waals surface area contributed by atoms with E-state index in [4.69, 9.17) is 0 Å². The lowest BCUT2D eigenvalue weighted by Crippen LogP contribution is -1.45. The van der Waals surface area contributed by atoms with Crippen LogP contribution in [0, 0.1) is 0 Å². The summed E-state index contributed by atoms with van der Waals surface area (Å²) in [5.74, 6) is 0. The summed E-state index contributed by atoms with van der Waals surface area (Å²) in [5.41, 5.74) is 0. The molecule has 0 spiro atoms. The van der Waals surface area contributed by atoms with Gasteiger partial charge in [-0.2, -0.15) is 0 Å². The standard InChI is InChI=1S/2C6H2Br2S2/c2*7-5-3-1-2-9-4(3)6(8)10-5/h2*1-2H. The molecule has 0 N–H and O–H groups in total. The average Bonchev–Trinajstić information content (AvgIpc) is 3.13. The number of halogens is 4. The van der Waals surface area contributed by atoms with Crippen LogP contribution in [0.2, 0.25) is 0 Å². The predicted octanol–water partition coefficient (Wildman–Crippen LogP) is 8.98. The second-order valence-electron chi connectivity index (χ2n) is 3.63. The van der Waals surface area contributed by atoms with Crippen LogP contribution in [0.4, 0.5) is 0 Å². The molecule has 0 nitrogen and oxygen atoms in total. The van der Waals surface area contributed by atoms with Crippen LogP contribution >= 0.6 is 109 Å². The van der Waals surface area contributed by atoms with Gasteiger partial charge in [-0.25, -0.2) is 0 Å². The molecule has 4 aromatic heterocycles. The quantitative estimate of drug-likeness (QED) is 0.190. The van der Waals surface area contributed by atoms with E-state index in [0.29, 0.717) is 0 Å². The summed E-state index contributed by atoms with van der Waals surface area (Å²) < 4.78 is 7.58. The van der Waals surface area contributed by atoms with E-state index in [1.54, 1.807) is 45.3 Å². The van der Waals surface area contributed by atoms with E-state index in [2.05, 4.69) is 86.6 Å². The van der Waals surface area contributed by atoms with Crippen LogP contribution in [0.15, 0.2) is 38.0 Å². The minimum atomic E-state index is 1.22. The van der Waals surface area contributed by atoms with E-state index >= 15 is 0 Å². The zero-order valence-electron chi connectivity index (χ0n) is 9.45. The van der Waals surface area contributed by atoms with E-state index in [0.717, 1.165) is 0 Å². The number of thiophene rings is 4. The Morgan fingerprint density at radius 3 is 1.35 bits per heavy atom. The highest BCUT2D eigenvalue weighted by Gasteiger charge is 2.07. The van der Waals surface area contributed by atoms with Crippen molar-refractivity contribution in [2.45, 2.75) is 0 Å². The molecule has 4 aromatic rings. The number of fused-ring (bicyclic) bond motifs is 2. The molecule has 0 bridgehead atoms. The van der Waals surface area contributed by atoms with Crippen molar-refractivity contribution in [3.8, 4) is 0 Å². The van der Waals surface area contributed by atoms with Crippen LogP contribution in [0.1, 0.15) is 0 Å². The number of hydrogen-bond acceptors (Lipinski definition) is 4. The molecular weight excluding hydrogens is 592 g/mol. The fourth-order valence-electron chi connectivity index (χ4n) is 1.59. The molecule has 0 saturated heterocycles. The first-order chi connectivity index (χ1) is 9.58. The largest absolute Gasteiger partial charge is 0.142 e. The summed E-state index contributed by atoms with van der Waals surface area (Å²) in [6.07, 6.45) is 0. The van der Waals surface area contributed by atoms with Crippen LogP contribution in [0.5, 0.6) is 0 Å². The third-order valence-corrected chi connectivity index (χ3v) is 10.3. The van der Waals surface area contributed by atoms with Gasteiger partial charge in [0.05, 0.1) is 24.5 Å². The molecular formula is C12H4Br4S4. The third kappa shape index (κ3) is 3.13. The lowest BCUT2D eigenvalue weighted by molar-refractivity contribution is 2.13. The van der Waals surface area contributed by atoms with Gasteiger partial charge in [-0.1, -0.05) is 0 Å². The van der Waals surface area contributed by atoms with Crippen molar-refractivity contribution in [1.29, 1.82) is 0 Å². The van der Waals surface area contributed by atoms with Gasteiger partial charge < -0.3 is 0 Å². The fraction of sp³-hybridized carbons (Fsp3) is 0. The second-order valence-corrected chi connectivity index (χ2v) is 12.8. The van der Waals surface area contributed by atoms with Crippen LogP contribution in [-0.4, -0.2) is 0 Å². The molecule has 0 amide bonds. The van der Waals surface area contributed by atoms with Crippen LogP contribution in [0.25, 0.3) is 20.2 Å². The van der Waals surface area contributed by atoms with Crippen LogP contribution in [0.3, 0.4) is 0 Å². The first kappa shape index (κ1) is 16.1. The first-order valence-corrected chi connectivity index (χ1v) is 11.8. The molecule has 0 aliphatic heterocycles. The molecule has 20 heavy (non-hydrogen) atoms. The van der Waals surface area contributed by atoms with Gasteiger partial charge in [0.1, 0.15) is 0 Å². The van der Waals surface area contributed by atoms with Gasteiger partial charge >= 0.3 is 0 Å². The van der Waals surface area contributed by atoms with Crippen molar-refractivity contribution in [3.05, 3.63) is 38.0 Å². The maximum absolute atomic E-state index is 3.50. The van der Waals surface area contributed by atoms with Crippen molar-refractivity contribution in [3.63, 3.8) is 0 Å². The summed E-state index contributed by atoms with van der Waals surface area (Å²) in [7, 11) is 0. The van der Waals surface area contributed by atoms with Crippen molar-refractivity contribution in [1.82, 2.24) is 0 Å². The Morgan fingerprint density at radius 2 is 1.00 bits per heavy atom. The highest BCUT2D eigenvalue weighted by atomic mass is 79.9. The van der Waals surface area contributed by atoms with Gasteiger partial charge in [0.2, 0.25) is 0 Å². The lowest BCUT2D eigenvalue weighted by atomic mass is 10.4. The van der Waals surface area contributed by atoms with Crippen molar-refractivity contribution in [2.75, 3.05) is 0 Å². The molecule has 0 aliphatic carbocycles. The smallest absolute Gasteiger partial charge is 0.0888 e. The molecule has 4 rings (SSSR count). The topological polar surface area (TPSA) is 0 Å². The zero-order valence-corrected chi connectivity index (χ0v) is 19.1. The molecule has 104 valence electrons. The molecule has 0 unspecified atom stereocenters. The average molecular weight is 596 g/mol. The Labute approximate surface area is 165 Å². The van der Waals surface area contributed by atoms with Gasteiger partial charge in [0, 0.05) is 10.8 Å². The Kier molecular flexibility index (Phi) is 5.46. The Morgan fingerprint density at radius 1 is 0.600 bits per heavy atom. The second kappa shape index (κ2) is 6.78. The Hall–Kier alpha value is 1.24. The highest BCUT2D eigenvalue weighted by molar-refractivity contribution is 9.12. The minimum absolute atomic E-state index is 1.22. The minimum Gasteiger partial charge on any atom is -0.142 e. The van der Waals surface area contributed by atoms with Gasteiger partial charge in [-0.15, -0.1) is 45.3 Å². The predicted molar refractivity (Wildman–Crippen MR) is 110 cm³/mol. The van der Waals surface area contributed by atoms with Crippen molar-refractivity contribution < 1.29 is 0 Å². The van der Waals surface area contributed by atoms with E-state index in [1.807, 2.05) is 0 Å². The molecule has 0 fully saturated rings. The molecule has 0 saturated carbocycles. The monoisotopic (exact) mass is 592 g/mol. The zero-order chi connectivity index (χ0) is 14.3. The maximum atomic E-state index is 3.50. The Balaban J connectivity index is 0.000000121. The van der Waals surface area contributed by atoms with Crippen molar-refractivity contribution >= 4 is 129 Å². The van der Waals surface area contributed by atoms with E-state index < -0.39 is 0 Å². The van der Waals surface area contributed by atoms with Crippen LogP contribution < -0.4 is 0 Å². The molecule has 4 heterocycles. The molecule has 0 aliphatic rings. The summed E-state index contributed by atoms with van der Waals surface area (Å²) >= 11 is 21.0. The highest BCUT2D eigenvalue weighted by Crippen LogP contribution is 2.42. The number of hydrogen-bond donors (Lipinski definition) is 0. The van der Waals surface area contributed by atoms with Crippen LogP contribution in [-0.2, 0) is 0 Å². The first-order valence-electron chi connectivity index (χ1n) is 5.20. The van der Waals surface area contributed by atoms with E-state index in [1.165, 1.54) is 35.3 Å². The Bertz CT molecular complexity index is 731. The SMILES string of the molecule is Brc1sc(Br)c2sccc12.Brc1sc(Br)c2sccc12. The molecule has 8 heteroatoms. The normalized spacial score (nSPS) is 11.0. The molecule has 0 aromatic carbocycles. The molecule has 0 radical (unpaired) electrons.